The first kappa shape index (κ1) is 10.1. The van der Waals surface area contributed by atoms with Crippen molar-refractivity contribution in [1.29, 1.82) is 0 Å². The third-order valence-corrected chi connectivity index (χ3v) is 3.47. The van der Waals surface area contributed by atoms with Gasteiger partial charge in [-0.15, -0.1) is 5.10 Å². The van der Waals surface area contributed by atoms with Crippen molar-refractivity contribution in [2.24, 2.45) is 5.73 Å². The molecule has 0 aromatic carbocycles. The molecule has 1 saturated carbocycles. The van der Waals surface area contributed by atoms with Crippen LogP contribution in [0.15, 0.2) is 0 Å². The van der Waals surface area contributed by atoms with Crippen molar-refractivity contribution in [3.63, 3.8) is 0 Å². The summed E-state index contributed by atoms with van der Waals surface area (Å²) < 4.78 is 2.03. The fourth-order valence-electron chi connectivity index (χ4n) is 2.06. The van der Waals surface area contributed by atoms with Crippen LogP contribution in [0.25, 0.3) is 0 Å². The molecule has 0 spiro atoms. The molecule has 2 rings (SSSR count). The normalized spacial score (nSPS) is 27.1. The lowest BCUT2D eigenvalue weighted by Crippen LogP contribution is -2.17. The Hall–Kier alpha value is -0.420. The van der Waals surface area contributed by atoms with Crippen LogP contribution in [0.4, 0.5) is 0 Å². The molecule has 14 heavy (non-hydrogen) atoms. The summed E-state index contributed by atoms with van der Waals surface area (Å²) in [4.78, 5) is 0. The van der Waals surface area contributed by atoms with Crippen LogP contribution in [0, 0.1) is 6.92 Å². The van der Waals surface area contributed by atoms with E-state index in [0.29, 0.717) is 12.1 Å². The molecule has 2 N–H and O–H groups in total. The minimum Gasteiger partial charge on any atom is -0.328 e. The topological polar surface area (TPSA) is 56.7 Å². The molecule has 5 heteroatoms. The standard InChI is InChI=1S/C9H15BrN4/c1-6-9(5-10)12-13-14(6)8-3-2-7(11)4-8/h7-8H,2-5,11H2,1H3/t7-,8+/m0/s1. The number of nitrogens with zero attached hydrogens (tertiary/aromatic N) is 3. The first-order valence-electron chi connectivity index (χ1n) is 4.94. The van der Waals surface area contributed by atoms with Gasteiger partial charge in [0.05, 0.1) is 17.4 Å². The summed E-state index contributed by atoms with van der Waals surface area (Å²) in [6, 6.07) is 0.807. The quantitative estimate of drug-likeness (QED) is 0.819. The van der Waals surface area contributed by atoms with E-state index in [-0.39, 0.29) is 0 Å². The Morgan fingerprint density at radius 3 is 2.86 bits per heavy atom. The van der Waals surface area contributed by atoms with Gasteiger partial charge < -0.3 is 5.73 Å². The highest BCUT2D eigenvalue weighted by molar-refractivity contribution is 9.08. The first-order chi connectivity index (χ1) is 6.72. The maximum Gasteiger partial charge on any atom is 0.0961 e. The first-order valence-corrected chi connectivity index (χ1v) is 6.06. The average Bonchev–Trinajstić information content (AvgIpc) is 2.72. The molecule has 0 bridgehead atoms. The SMILES string of the molecule is Cc1c(CBr)nnn1[C@@H]1CC[C@H](N)C1. The number of halogens is 1. The molecule has 1 aromatic heterocycles. The molecule has 1 aliphatic carbocycles. The molecule has 1 heterocycles. The van der Waals surface area contributed by atoms with Crippen molar-refractivity contribution in [2.45, 2.75) is 43.6 Å². The maximum atomic E-state index is 5.88. The fraction of sp³-hybridized carbons (Fsp3) is 0.778. The lowest BCUT2D eigenvalue weighted by atomic mass is 10.2. The largest absolute Gasteiger partial charge is 0.328 e. The Kier molecular flexibility index (Phi) is 2.88. The summed E-state index contributed by atoms with van der Waals surface area (Å²) in [5, 5.41) is 9.09. The van der Waals surface area contributed by atoms with Gasteiger partial charge in [0.1, 0.15) is 0 Å². The van der Waals surface area contributed by atoms with Crippen molar-refractivity contribution in [3.05, 3.63) is 11.4 Å². The van der Waals surface area contributed by atoms with E-state index in [1.807, 2.05) is 4.68 Å². The van der Waals surface area contributed by atoms with Crippen LogP contribution in [0.1, 0.15) is 36.7 Å². The predicted molar refractivity (Wildman–Crippen MR) is 58.3 cm³/mol. The molecule has 0 amide bonds. The molecule has 0 unspecified atom stereocenters. The Labute approximate surface area is 92.0 Å². The van der Waals surface area contributed by atoms with E-state index in [4.69, 9.17) is 5.73 Å². The van der Waals surface area contributed by atoms with E-state index in [0.717, 1.165) is 30.3 Å². The second-order valence-electron chi connectivity index (χ2n) is 3.93. The molecule has 0 aliphatic heterocycles. The average molecular weight is 259 g/mol. The van der Waals surface area contributed by atoms with Gasteiger partial charge in [0, 0.05) is 11.4 Å². The van der Waals surface area contributed by atoms with Crippen LogP contribution in [0.5, 0.6) is 0 Å². The lowest BCUT2D eigenvalue weighted by Gasteiger charge is -2.11. The molecule has 1 aromatic rings. The second kappa shape index (κ2) is 3.98. The van der Waals surface area contributed by atoms with Gasteiger partial charge in [-0.25, -0.2) is 4.68 Å². The van der Waals surface area contributed by atoms with E-state index < -0.39 is 0 Å². The van der Waals surface area contributed by atoms with E-state index in [9.17, 15) is 0 Å². The van der Waals surface area contributed by atoms with Gasteiger partial charge >= 0.3 is 0 Å². The van der Waals surface area contributed by atoms with Crippen LogP contribution < -0.4 is 5.73 Å². The van der Waals surface area contributed by atoms with E-state index in [1.54, 1.807) is 0 Å². The monoisotopic (exact) mass is 258 g/mol. The van der Waals surface area contributed by atoms with Gasteiger partial charge in [-0.2, -0.15) is 0 Å². The summed E-state index contributed by atoms with van der Waals surface area (Å²) in [7, 11) is 0. The third kappa shape index (κ3) is 1.70. The molecule has 0 radical (unpaired) electrons. The molecule has 4 nitrogen and oxygen atoms in total. The molecule has 2 atom stereocenters. The predicted octanol–water partition coefficient (Wildman–Crippen LogP) is 1.53. The second-order valence-corrected chi connectivity index (χ2v) is 4.49. The minimum absolute atomic E-state index is 0.344. The number of hydrogen-bond acceptors (Lipinski definition) is 3. The Morgan fingerprint density at radius 1 is 1.57 bits per heavy atom. The fourth-order valence-corrected chi connectivity index (χ4v) is 2.58. The number of aromatic nitrogens is 3. The highest BCUT2D eigenvalue weighted by Gasteiger charge is 2.25. The Bertz CT molecular complexity index is 323. The zero-order valence-electron chi connectivity index (χ0n) is 8.28. The number of alkyl halides is 1. The van der Waals surface area contributed by atoms with Gasteiger partial charge in [0.15, 0.2) is 0 Å². The summed E-state index contributed by atoms with van der Waals surface area (Å²) in [5.41, 5.74) is 8.08. The van der Waals surface area contributed by atoms with Crippen molar-refractivity contribution < 1.29 is 0 Å². The summed E-state index contributed by atoms with van der Waals surface area (Å²) in [6.07, 6.45) is 3.27. The van der Waals surface area contributed by atoms with Crippen LogP contribution in [0.3, 0.4) is 0 Å². The van der Waals surface area contributed by atoms with E-state index in [2.05, 4.69) is 33.2 Å². The number of nitrogens with two attached hydrogens (primary N) is 1. The van der Waals surface area contributed by atoms with Crippen LogP contribution in [-0.4, -0.2) is 21.0 Å². The molecular weight excluding hydrogens is 244 g/mol. The third-order valence-electron chi connectivity index (χ3n) is 2.94. The van der Waals surface area contributed by atoms with E-state index in [1.165, 1.54) is 5.69 Å². The van der Waals surface area contributed by atoms with Crippen molar-refractivity contribution in [1.82, 2.24) is 15.0 Å². The van der Waals surface area contributed by atoms with Crippen LogP contribution in [-0.2, 0) is 5.33 Å². The van der Waals surface area contributed by atoms with Gasteiger partial charge in [-0.05, 0) is 26.2 Å². The smallest absolute Gasteiger partial charge is 0.0961 e. The van der Waals surface area contributed by atoms with Gasteiger partial charge in [-0.3, -0.25) is 0 Å². The van der Waals surface area contributed by atoms with Crippen LogP contribution >= 0.6 is 15.9 Å². The van der Waals surface area contributed by atoms with Crippen molar-refractivity contribution in [2.75, 3.05) is 0 Å². The zero-order valence-corrected chi connectivity index (χ0v) is 9.87. The van der Waals surface area contributed by atoms with Crippen LogP contribution in [0.2, 0.25) is 0 Å². The Morgan fingerprint density at radius 2 is 2.36 bits per heavy atom. The summed E-state index contributed by atoms with van der Waals surface area (Å²) >= 11 is 3.40. The number of rotatable bonds is 2. The lowest BCUT2D eigenvalue weighted by molar-refractivity contribution is 0.439. The van der Waals surface area contributed by atoms with Gasteiger partial charge in [0.25, 0.3) is 0 Å². The number of hydrogen-bond donors (Lipinski definition) is 1. The molecule has 1 aliphatic rings. The highest BCUT2D eigenvalue weighted by Crippen LogP contribution is 2.29. The molecule has 78 valence electrons. The summed E-state index contributed by atoms with van der Waals surface area (Å²) in [5.74, 6) is 0. The van der Waals surface area contributed by atoms with Gasteiger partial charge in [0.2, 0.25) is 0 Å². The molecular formula is C9H15BrN4. The molecule has 0 saturated heterocycles. The van der Waals surface area contributed by atoms with Gasteiger partial charge in [-0.1, -0.05) is 21.1 Å². The maximum absolute atomic E-state index is 5.88. The minimum atomic E-state index is 0.344. The Balaban J connectivity index is 2.20. The van der Waals surface area contributed by atoms with E-state index >= 15 is 0 Å². The summed E-state index contributed by atoms with van der Waals surface area (Å²) in [6.45, 7) is 2.07. The molecule has 1 fully saturated rings. The zero-order chi connectivity index (χ0) is 10.1. The van der Waals surface area contributed by atoms with Crippen molar-refractivity contribution in [3.8, 4) is 0 Å². The van der Waals surface area contributed by atoms with Crippen molar-refractivity contribution >= 4 is 15.9 Å². The highest BCUT2D eigenvalue weighted by atomic mass is 79.9.